The summed E-state index contributed by atoms with van der Waals surface area (Å²) in [4.78, 5) is 7.94. The summed E-state index contributed by atoms with van der Waals surface area (Å²) in [6.45, 7) is 1.96. The minimum Gasteiger partial charge on any atom is -0.365 e. The van der Waals surface area contributed by atoms with E-state index < -0.39 is 10.8 Å². The smallest absolute Gasteiger partial charge is 0.182 e. The highest BCUT2D eigenvalue weighted by atomic mass is 32.2. The molecule has 1 rings (SSSR count). The van der Waals surface area contributed by atoms with Crippen molar-refractivity contribution in [2.75, 3.05) is 17.3 Å². The molecule has 0 aliphatic rings. The summed E-state index contributed by atoms with van der Waals surface area (Å²) in [6, 6.07) is 2.09. The third-order valence-corrected chi connectivity index (χ3v) is 2.84. The number of anilines is 1. The Kier molecular flexibility index (Phi) is 4.86. The second kappa shape index (κ2) is 6.18. The molecule has 0 saturated heterocycles. The number of aromatic nitrogens is 2. The molecule has 0 aliphatic heterocycles. The maximum Gasteiger partial charge on any atom is 0.182 e. The number of nitrogens with one attached hydrogen (secondary N) is 1. The van der Waals surface area contributed by atoms with Gasteiger partial charge in [0.05, 0.1) is 0 Å². The summed E-state index contributed by atoms with van der Waals surface area (Å²) in [6.07, 6.45) is 5.46. The van der Waals surface area contributed by atoms with Crippen LogP contribution in [-0.2, 0) is 10.8 Å². The van der Waals surface area contributed by atoms with E-state index in [9.17, 15) is 4.21 Å². The van der Waals surface area contributed by atoms with Gasteiger partial charge in [-0.2, -0.15) is 5.26 Å². The fourth-order valence-electron chi connectivity index (χ4n) is 1.17. The Balaban J connectivity index is 2.59. The molecule has 2 atom stereocenters. The predicted octanol–water partition coefficient (Wildman–Crippen LogP) is 0.917. The van der Waals surface area contributed by atoms with Gasteiger partial charge in [0.25, 0.3) is 0 Å². The maximum absolute atomic E-state index is 10.9. The quantitative estimate of drug-likeness (QED) is 0.825. The Morgan fingerprint density at radius 3 is 2.88 bits per heavy atom. The first-order valence-electron chi connectivity index (χ1n) is 4.91. The highest BCUT2D eigenvalue weighted by molar-refractivity contribution is 7.84. The molecule has 1 aromatic heterocycles. The molecule has 1 N–H and O–H groups in total. The van der Waals surface area contributed by atoms with E-state index in [1.54, 1.807) is 6.26 Å². The summed E-state index contributed by atoms with van der Waals surface area (Å²) in [5, 5.41) is 11.9. The van der Waals surface area contributed by atoms with Crippen molar-refractivity contribution in [2.24, 2.45) is 0 Å². The number of nitriles is 1. The average Bonchev–Trinajstić information content (AvgIpc) is 2.27. The summed E-state index contributed by atoms with van der Waals surface area (Å²) in [5.41, 5.74) is 0.284. The van der Waals surface area contributed by atoms with E-state index in [1.807, 2.05) is 13.0 Å². The van der Waals surface area contributed by atoms with Crippen LogP contribution in [0.1, 0.15) is 19.0 Å². The highest BCUT2D eigenvalue weighted by Crippen LogP contribution is 2.09. The first-order chi connectivity index (χ1) is 7.63. The van der Waals surface area contributed by atoms with Crippen molar-refractivity contribution in [1.29, 1.82) is 5.26 Å². The zero-order valence-electron chi connectivity index (χ0n) is 9.30. The van der Waals surface area contributed by atoms with Crippen LogP contribution in [0.2, 0.25) is 0 Å². The molecule has 1 aromatic rings. The molecule has 0 aliphatic carbocycles. The molecule has 5 nitrogen and oxygen atoms in total. The van der Waals surface area contributed by atoms with E-state index in [1.165, 1.54) is 12.4 Å². The fourth-order valence-corrected chi connectivity index (χ4v) is 1.86. The predicted molar refractivity (Wildman–Crippen MR) is 63.4 cm³/mol. The first-order valence-corrected chi connectivity index (χ1v) is 6.64. The normalized spacial score (nSPS) is 13.8. The molecule has 0 bridgehead atoms. The van der Waals surface area contributed by atoms with Gasteiger partial charge in [0, 0.05) is 41.2 Å². The van der Waals surface area contributed by atoms with E-state index >= 15 is 0 Å². The SMILES string of the molecule is CC(CCS(C)=O)Nc1nccnc1C#N. The highest BCUT2D eigenvalue weighted by Gasteiger charge is 2.08. The molecule has 0 aromatic carbocycles. The maximum atomic E-state index is 10.9. The lowest BCUT2D eigenvalue weighted by Gasteiger charge is -2.13. The van der Waals surface area contributed by atoms with Crippen molar-refractivity contribution in [1.82, 2.24) is 9.97 Å². The van der Waals surface area contributed by atoms with Crippen molar-refractivity contribution >= 4 is 16.6 Å². The Hall–Kier alpha value is -1.48. The van der Waals surface area contributed by atoms with Crippen LogP contribution in [0.25, 0.3) is 0 Å². The van der Waals surface area contributed by atoms with Gasteiger partial charge in [0.15, 0.2) is 11.5 Å². The number of nitrogens with zero attached hydrogens (tertiary/aromatic N) is 3. The van der Waals surface area contributed by atoms with Crippen LogP contribution in [-0.4, -0.2) is 32.2 Å². The van der Waals surface area contributed by atoms with Gasteiger partial charge in [-0.15, -0.1) is 0 Å². The summed E-state index contributed by atoms with van der Waals surface area (Å²) < 4.78 is 10.9. The summed E-state index contributed by atoms with van der Waals surface area (Å²) in [7, 11) is -0.792. The molecule has 6 heteroatoms. The van der Waals surface area contributed by atoms with E-state index in [-0.39, 0.29) is 11.7 Å². The van der Waals surface area contributed by atoms with Crippen LogP contribution in [0, 0.1) is 11.3 Å². The Bertz CT molecular complexity index is 416. The van der Waals surface area contributed by atoms with Crippen LogP contribution < -0.4 is 5.32 Å². The fraction of sp³-hybridized carbons (Fsp3) is 0.500. The van der Waals surface area contributed by atoms with Gasteiger partial charge in [-0.1, -0.05) is 0 Å². The van der Waals surface area contributed by atoms with Crippen molar-refractivity contribution < 1.29 is 4.21 Å². The van der Waals surface area contributed by atoms with Crippen LogP contribution in [0.5, 0.6) is 0 Å². The van der Waals surface area contributed by atoms with Gasteiger partial charge in [0.2, 0.25) is 0 Å². The van der Waals surface area contributed by atoms with Crippen LogP contribution in [0.15, 0.2) is 12.4 Å². The lowest BCUT2D eigenvalue weighted by atomic mass is 10.2. The third kappa shape index (κ3) is 3.95. The summed E-state index contributed by atoms with van der Waals surface area (Å²) >= 11 is 0. The molecule has 86 valence electrons. The van der Waals surface area contributed by atoms with Crippen molar-refractivity contribution in [3.8, 4) is 6.07 Å². The molecule has 0 radical (unpaired) electrons. The number of rotatable bonds is 5. The van der Waals surface area contributed by atoms with E-state index in [0.717, 1.165) is 6.42 Å². The molecule has 0 fully saturated rings. The van der Waals surface area contributed by atoms with Crippen LogP contribution >= 0.6 is 0 Å². The summed E-state index contributed by atoms with van der Waals surface area (Å²) in [5.74, 6) is 1.12. The average molecular weight is 238 g/mol. The Morgan fingerprint density at radius 1 is 1.56 bits per heavy atom. The molecular formula is C10H14N4OS. The third-order valence-electron chi connectivity index (χ3n) is 2.03. The van der Waals surface area contributed by atoms with Crippen molar-refractivity contribution in [2.45, 2.75) is 19.4 Å². The zero-order chi connectivity index (χ0) is 12.0. The molecular weight excluding hydrogens is 224 g/mol. The van der Waals surface area contributed by atoms with Crippen LogP contribution in [0.4, 0.5) is 5.82 Å². The van der Waals surface area contributed by atoms with Gasteiger partial charge < -0.3 is 5.32 Å². The minimum atomic E-state index is -0.792. The van der Waals surface area contributed by atoms with Gasteiger partial charge in [-0.05, 0) is 13.3 Å². The lowest BCUT2D eigenvalue weighted by Crippen LogP contribution is -2.19. The lowest BCUT2D eigenvalue weighted by molar-refractivity contribution is 0.678. The van der Waals surface area contributed by atoms with Gasteiger partial charge in [-0.25, -0.2) is 9.97 Å². The first kappa shape index (κ1) is 12.6. The second-order valence-corrected chi connectivity index (χ2v) is 5.03. The number of hydrogen-bond donors (Lipinski definition) is 1. The standard InChI is InChI=1S/C10H14N4OS/c1-8(3-6-16(2)15)14-10-9(7-11)12-4-5-13-10/h4-5,8H,3,6H2,1-2H3,(H,13,14). The van der Waals surface area contributed by atoms with E-state index in [0.29, 0.717) is 11.6 Å². The zero-order valence-corrected chi connectivity index (χ0v) is 10.1. The van der Waals surface area contributed by atoms with Gasteiger partial charge in [0.1, 0.15) is 6.07 Å². The monoisotopic (exact) mass is 238 g/mol. The molecule has 16 heavy (non-hydrogen) atoms. The van der Waals surface area contributed by atoms with Crippen LogP contribution in [0.3, 0.4) is 0 Å². The van der Waals surface area contributed by atoms with Crippen molar-refractivity contribution in [3.63, 3.8) is 0 Å². The van der Waals surface area contributed by atoms with Gasteiger partial charge >= 0.3 is 0 Å². The van der Waals surface area contributed by atoms with E-state index in [2.05, 4.69) is 15.3 Å². The molecule has 0 spiro atoms. The number of hydrogen-bond acceptors (Lipinski definition) is 5. The van der Waals surface area contributed by atoms with Gasteiger partial charge in [-0.3, -0.25) is 4.21 Å². The molecule has 0 amide bonds. The Morgan fingerprint density at radius 2 is 2.25 bits per heavy atom. The largest absolute Gasteiger partial charge is 0.365 e. The van der Waals surface area contributed by atoms with E-state index in [4.69, 9.17) is 5.26 Å². The second-order valence-electron chi connectivity index (χ2n) is 3.48. The topological polar surface area (TPSA) is 78.7 Å². The molecule has 2 unspecified atom stereocenters. The van der Waals surface area contributed by atoms with Crippen molar-refractivity contribution in [3.05, 3.63) is 18.1 Å². The molecule has 0 saturated carbocycles. The minimum absolute atomic E-state index is 0.118. The molecule has 1 heterocycles. The Labute approximate surface area is 97.4 Å².